The molecule has 0 aliphatic heterocycles. The lowest BCUT2D eigenvalue weighted by Crippen LogP contribution is -2.47. The van der Waals surface area contributed by atoms with Gasteiger partial charge >= 0.3 is 0 Å². The van der Waals surface area contributed by atoms with Crippen molar-refractivity contribution in [2.24, 2.45) is 11.1 Å². The zero-order valence-corrected chi connectivity index (χ0v) is 11.2. The van der Waals surface area contributed by atoms with Gasteiger partial charge in [-0.15, -0.1) is 0 Å². The Morgan fingerprint density at radius 1 is 1.56 bits per heavy atom. The molecule has 0 aromatic carbocycles. The minimum Gasteiger partial charge on any atom is -0.356 e. The van der Waals surface area contributed by atoms with Gasteiger partial charge in [-0.3, -0.25) is 4.79 Å². The summed E-state index contributed by atoms with van der Waals surface area (Å²) in [5.74, 6) is 1.33. The van der Waals surface area contributed by atoms with Gasteiger partial charge in [-0.05, 0) is 44.6 Å². The van der Waals surface area contributed by atoms with E-state index in [1.165, 1.54) is 12.2 Å². The number of carbonyl (C=O) groups is 1. The second-order valence-corrected chi connectivity index (χ2v) is 5.86. The highest BCUT2D eigenvalue weighted by Crippen LogP contribution is 2.36. The third kappa shape index (κ3) is 3.39. The quantitative estimate of drug-likeness (QED) is 0.700. The smallest absolute Gasteiger partial charge is 0.227 e. The van der Waals surface area contributed by atoms with Crippen LogP contribution in [0.2, 0.25) is 0 Å². The predicted molar refractivity (Wildman–Crippen MR) is 70.6 cm³/mol. The van der Waals surface area contributed by atoms with E-state index in [0.29, 0.717) is 0 Å². The zero-order valence-electron chi connectivity index (χ0n) is 10.4. The summed E-state index contributed by atoms with van der Waals surface area (Å²) < 4.78 is 0. The molecule has 1 rings (SSSR count). The predicted octanol–water partition coefficient (Wildman–Crippen LogP) is 1.76. The summed E-state index contributed by atoms with van der Waals surface area (Å²) in [7, 11) is 0. The highest BCUT2D eigenvalue weighted by Gasteiger charge is 2.42. The van der Waals surface area contributed by atoms with Crippen molar-refractivity contribution >= 4 is 17.7 Å². The van der Waals surface area contributed by atoms with Gasteiger partial charge in [-0.25, -0.2) is 0 Å². The third-order valence-electron chi connectivity index (χ3n) is 3.61. The van der Waals surface area contributed by atoms with E-state index in [-0.39, 0.29) is 17.4 Å². The molecule has 1 saturated carbocycles. The largest absolute Gasteiger partial charge is 0.356 e. The number of rotatable bonds is 6. The van der Waals surface area contributed by atoms with E-state index in [1.54, 1.807) is 0 Å². The Balaban J connectivity index is 2.24. The van der Waals surface area contributed by atoms with Crippen molar-refractivity contribution in [1.82, 2.24) is 5.32 Å². The number of hydrogen-bond donors (Lipinski definition) is 2. The van der Waals surface area contributed by atoms with Gasteiger partial charge in [-0.1, -0.05) is 6.42 Å². The van der Waals surface area contributed by atoms with E-state index >= 15 is 0 Å². The van der Waals surface area contributed by atoms with Crippen LogP contribution in [-0.4, -0.2) is 30.5 Å². The Hall–Kier alpha value is -0.220. The van der Waals surface area contributed by atoms with Crippen molar-refractivity contribution in [3.8, 4) is 0 Å². The van der Waals surface area contributed by atoms with Crippen molar-refractivity contribution < 1.29 is 4.79 Å². The van der Waals surface area contributed by atoms with Crippen LogP contribution in [0.15, 0.2) is 0 Å². The van der Waals surface area contributed by atoms with E-state index in [0.717, 1.165) is 32.2 Å². The minimum atomic E-state index is -0.320. The first-order valence-electron chi connectivity index (χ1n) is 6.14. The van der Waals surface area contributed by atoms with Crippen molar-refractivity contribution in [2.45, 2.75) is 45.1 Å². The van der Waals surface area contributed by atoms with Gasteiger partial charge in [0.05, 0.1) is 5.41 Å². The second-order valence-electron chi connectivity index (χ2n) is 4.87. The molecule has 2 atom stereocenters. The number of unbranched alkanes of at least 4 members (excludes halogenated alkanes) is 1. The monoisotopic (exact) mass is 244 g/mol. The van der Waals surface area contributed by atoms with Crippen molar-refractivity contribution in [3.63, 3.8) is 0 Å². The van der Waals surface area contributed by atoms with Crippen LogP contribution in [0.3, 0.4) is 0 Å². The average Bonchev–Trinajstić information content (AvgIpc) is 2.60. The van der Waals surface area contributed by atoms with Gasteiger partial charge in [0, 0.05) is 12.6 Å². The summed E-state index contributed by atoms with van der Waals surface area (Å²) in [6.07, 6.45) is 7.35. The Bertz CT molecular complexity index is 235. The molecule has 3 nitrogen and oxygen atoms in total. The molecule has 1 aliphatic rings. The molecular formula is C12H24N2OS. The number of nitrogens with one attached hydrogen (secondary N) is 1. The standard InChI is InChI=1S/C12H24N2OS/c1-12(7-5-6-10(12)13)11(15)14-8-3-4-9-16-2/h10H,3-9,13H2,1-2H3,(H,14,15). The maximum absolute atomic E-state index is 12.0. The summed E-state index contributed by atoms with van der Waals surface area (Å²) >= 11 is 1.85. The van der Waals surface area contributed by atoms with Crippen molar-refractivity contribution in [1.29, 1.82) is 0 Å². The lowest BCUT2D eigenvalue weighted by Gasteiger charge is -2.27. The molecule has 0 spiro atoms. The third-order valence-corrected chi connectivity index (χ3v) is 4.31. The van der Waals surface area contributed by atoms with Gasteiger partial charge in [0.2, 0.25) is 5.91 Å². The van der Waals surface area contributed by atoms with Crippen molar-refractivity contribution in [2.75, 3.05) is 18.6 Å². The van der Waals surface area contributed by atoms with Crippen LogP contribution < -0.4 is 11.1 Å². The lowest BCUT2D eigenvalue weighted by molar-refractivity contribution is -0.130. The minimum absolute atomic E-state index is 0.0405. The van der Waals surface area contributed by atoms with Crippen LogP contribution in [0.25, 0.3) is 0 Å². The first-order valence-corrected chi connectivity index (χ1v) is 7.53. The summed E-state index contributed by atoms with van der Waals surface area (Å²) in [5, 5.41) is 3.03. The molecule has 0 aromatic heterocycles. The number of carbonyl (C=O) groups excluding carboxylic acids is 1. The summed E-state index contributed by atoms with van der Waals surface area (Å²) in [4.78, 5) is 12.0. The molecule has 1 aliphatic carbocycles. The summed E-state index contributed by atoms with van der Waals surface area (Å²) in [5.41, 5.74) is 5.68. The summed E-state index contributed by atoms with van der Waals surface area (Å²) in [6.45, 7) is 2.80. The Morgan fingerprint density at radius 3 is 2.88 bits per heavy atom. The zero-order chi connectivity index (χ0) is 12.0. The molecule has 4 heteroatoms. The molecule has 0 aromatic rings. The SMILES string of the molecule is CSCCCCNC(=O)C1(C)CCCC1N. The topological polar surface area (TPSA) is 55.1 Å². The average molecular weight is 244 g/mol. The molecule has 0 heterocycles. The second kappa shape index (κ2) is 6.50. The first-order chi connectivity index (χ1) is 7.61. The van der Waals surface area contributed by atoms with E-state index in [2.05, 4.69) is 11.6 Å². The number of nitrogens with two attached hydrogens (primary N) is 1. The first kappa shape index (κ1) is 13.8. The molecule has 1 fully saturated rings. The lowest BCUT2D eigenvalue weighted by atomic mass is 9.84. The fraction of sp³-hybridized carbons (Fsp3) is 0.917. The Kier molecular flexibility index (Phi) is 5.62. The van der Waals surface area contributed by atoms with Crippen LogP contribution >= 0.6 is 11.8 Å². The van der Waals surface area contributed by atoms with E-state index < -0.39 is 0 Å². The normalized spacial score (nSPS) is 29.3. The number of amides is 1. The number of hydrogen-bond acceptors (Lipinski definition) is 3. The highest BCUT2D eigenvalue weighted by atomic mass is 32.2. The van der Waals surface area contributed by atoms with Gasteiger partial charge in [-0.2, -0.15) is 11.8 Å². The molecule has 2 unspecified atom stereocenters. The van der Waals surface area contributed by atoms with E-state index in [9.17, 15) is 4.79 Å². The molecule has 0 saturated heterocycles. The molecule has 16 heavy (non-hydrogen) atoms. The van der Waals surface area contributed by atoms with E-state index in [4.69, 9.17) is 5.73 Å². The van der Waals surface area contributed by atoms with Gasteiger partial charge in [0.1, 0.15) is 0 Å². The highest BCUT2D eigenvalue weighted by molar-refractivity contribution is 7.98. The Morgan fingerprint density at radius 2 is 2.31 bits per heavy atom. The molecule has 1 amide bonds. The van der Waals surface area contributed by atoms with Crippen LogP contribution in [0.1, 0.15) is 39.0 Å². The van der Waals surface area contributed by atoms with E-state index in [1.807, 2.05) is 18.7 Å². The van der Waals surface area contributed by atoms with Crippen LogP contribution in [0.5, 0.6) is 0 Å². The molecule has 94 valence electrons. The molecule has 3 N–H and O–H groups in total. The van der Waals surface area contributed by atoms with Crippen LogP contribution in [0, 0.1) is 5.41 Å². The maximum atomic E-state index is 12.0. The van der Waals surface area contributed by atoms with Crippen LogP contribution in [-0.2, 0) is 4.79 Å². The fourth-order valence-corrected chi connectivity index (χ4v) is 2.74. The van der Waals surface area contributed by atoms with Crippen LogP contribution in [0.4, 0.5) is 0 Å². The van der Waals surface area contributed by atoms with Gasteiger partial charge < -0.3 is 11.1 Å². The Labute approximate surface area is 103 Å². The molecular weight excluding hydrogens is 220 g/mol. The summed E-state index contributed by atoms with van der Waals surface area (Å²) in [6, 6.07) is 0.0405. The molecule has 0 radical (unpaired) electrons. The molecule has 0 bridgehead atoms. The maximum Gasteiger partial charge on any atom is 0.227 e. The number of thioether (sulfide) groups is 1. The van der Waals surface area contributed by atoms with Gasteiger partial charge in [0.25, 0.3) is 0 Å². The fourth-order valence-electron chi connectivity index (χ4n) is 2.25. The van der Waals surface area contributed by atoms with Gasteiger partial charge in [0.15, 0.2) is 0 Å². The van der Waals surface area contributed by atoms with Crippen molar-refractivity contribution in [3.05, 3.63) is 0 Å².